The highest BCUT2D eigenvalue weighted by Crippen LogP contribution is 2.28. The number of carbonyl (C=O) groups is 1. The van der Waals surface area contributed by atoms with Crippen molar-refractivity contribution in [2.24, 2.45) is 0 Å². The Balaban J connectivity index is 2.42. The van der Waals surface area contributed by atoms with Crippen molar-refractivity contribution >= 4 is 28.7 Å². The first-order valence-corrected chi connectivity index (χ1v) is 7.67. The molecule has 4 nitrogen and oxygen atoms in total. The molecule has 0 saturated heterocycles. The molecule has 0 radical (unpaired) electrons. The fourth-order valence-electron chi connectivity index (χ4n) is 2.19. The lowest BCUT2D eigenvalue weighted by Gasteiger charge is -2.30. The summed E-state index contributed by atoms with van der Waals surface area (Å²) in [6.45, 7) is 4.96. The van der Waals surface area contributed by atoms with E-state index in [9.17, 15) is 4.79 Å². The SMILES string of the molecule is COC(=O)c1cc(N)ccc1N(Cc1cccs1)C(C)C. The maximum absolute atomic E-state index is 12.0. The van der Waals surface area contributed by atoms with Crippen LogP contribution in [0.15, 0.2) is 35.7 Å². The van der Waals surface area contributed by atoms with E-state index in [2.05, 4.69) is 30.2 Å². The Morgan fingerprint density at radius 2 is 2.14 bits per heavy atom. The summed E-state index contributed by atoms with van der Waals surface area (Å²) >= 11 is 1.70. The van der Waals surface area contributed by atoms with Gasteiger partial charge in [0.1, 0.15) is 0 Å². The fraction of sp³-hybridized carbons (Fsp3) is 0.312. The molecule has 0 saturated carbocycles. The third-order valence-corrected chi connectivity index (χ3v) is 4.13. The number of anilines is 2. The molecule has 1 aromatic heterocycles. The molecule has 0 amide bonds. The molecule has 0 bridgehead atoms. The lowest BCUT2D eigenvalue weighted by molar-refractivity contribution is 0.0601. The van der Waals surface area contributed by atoms with Gasteiger partial charge in [-0.3, -0.25) is 0 Å². The number of hydrogen-bond donors (Lipinski definition) is 1. The first-order chi connectivity index (χ1) is 10.0. The Morgan fingerprint density at radius 3 is 2.71 bits per heavy atom. The van der Waals surface area contributed by atoms with Gasteiger partial charge < -0.3 is 15.4 Å². The van der Waals surface area contributed by atoms with Gasteiger partial charge in [0.2, 0.25) is 0 Å². The molecule has 2 aromatic rings. The van der Waals surface area contributed by atoms with E-state index in [1.165, 1.54) is 12.0 Å². The van der Waals surface area contributed by atoms with Crippen LogP contribution in [0, 0.1) is 0 Å². The summed E-state index contributed by atoms with van der Waals surface area (Å²) in [5.74, 6) is -0.367. The van der Waals surface area contributed by atoms with Gasteiger partial charge in [0.15, 0.2) is 0 Å². The maximum Gasteiger partial charge on any atom is 0.340 e. The molecule has 2 rings (SSSR count). The molecule has 1 aromatic carbocycles. The zero-order valence-electron chi connectivity index (χ0n) is 12.5. The average molecular weight is 304 g/mol. The van der Waals surface area contributed by atoms with Crippen molar-refractivity contribution in [2.45, 2.75) is 26.4 Å². The highest BCUT2D eigenvalue weighted by atomic mass is 32.1. The molecule has 21 heavy (non-hydrogen) atoms. The van der Waals surface area contributed by atoms with Crippen LogP contribution in [0.3, 0.4) is 0 Å². The van der Waals surface area contributed by atoms with Gasteiger partial charge in [-0.1, -0.05) is 6.07 Å². The smallest absolute Gasteiger partial charge is 0.340 e. The van der Waals surface area contributed by atoms with Crippen LogP contribution in [0.5, 0.6) is 0 Å². The van der Waals surface area contributed by atoms with Crippen LogP contribution in [0.25, 0.3) is 0 Å². The van der Waals surface area contributed by atoms with Crippen molar-refractivity contribution in [1.29, 1.82) is 0 Å². The standard InChI is InChI=1S/C16H20N2O2S/c1-11(2)18(10-13-5-4-8-21-13)15-7-6-12(17)9-14(15)16(19)20-3/h4-9,11H,10,17H2,1-3H3. The second kappa shape index (κ2) is 6.63. The Kier molecular flexibility index (Phi) is 4.85. The summed E-state index contributed by atoms with van der Waals surface area (Å²) in [7, 11) is 1.38. The number of carbonyl (C=O) groups excluding carboxylic acids is 1. The number of nitrogens with two attached hydrogens (primary N) is 1. The average Bonchev–Trinajstić information content (AvgIpc) is 2.97. The van der Waals surface area contributed by atoms with Crippen LogP contribution < -0.4 is 10.6 Å². The minimum absolute atomic E-state index is 0.249. The van der Waals surface area contributed by atoms with Crippen molar-refractivity contribution in [3.8, 4) is 0 Å². The van der Waals surface area contributed by atoms with Crippen LogP contribution in [0.2, 0.25) is 0 Å². The van der Waals surface area contributed by atoms with E-state index in [4.69, 9.17) is 10.5 Å². The molecule has 0 aliphatic rings. The van der Waals surface area contributed by atoms with Crippen LogP contribution in [-0.4, -0.2) is 19.1 Å². The van der Waals surface area contributed by atoms with Crippen LogP contribution >= 0.6 is 11.3 Å². The molecule has 1 heterocycles. The number of nitrogens with zero attached hydrogens (tertiary/aromatic N) is 1. The normalized spacial score (nSPS) is 10.7. The summed E-state index contributed by atoms with van der Waals surface area (Å²) < 4.78 is 4.88. The van der Waals surface area contributed by atoms with Gasteiger partial charge in [-0.15, -0.1) is 11.3 Å². The number of nitrogen functional groups attached to an aromatic ring is 1. The van der Waals surface area contributed by atoms with Gasteiger partial charge in [-0.2, -0.15) is 0 Å². The van der Waals surface area contributed by atoms with Gasteiger partial charge in [0.05, 0.1) is 24.9 Å². The zero-order valence-corrected chi connectivity index (χ0v) is 13.3. The van der Waals surface area contributed by atoms with E-state index in [1.54, 1.807) is 17.4 Å². The van der Waals surface area contributed by atoms with Crippen LogP contribution in [-0.2, 0) is 11.3 Å². The third-order valence-electron chi connectivity index (χ3n) is 3.26. The summed E-state index contributed by atoms with van der Waals surface area (Å²) in [5.41, 5.74) is 7.71. The largest absolute Gasteiger partial charge is 0.465 e. The molecule has 0 fully saturated rings. The van der Waals surface area contributed by atoms with E-state index in [-0.39, 0.29) is 12.0 Å². The first-order valence-electron chi connectivity index (χ1n) is 6.79. The molecular weight excluding hydrogens is 284 g/mol. The molecule has 0 aliphatic carbocycles. The van der Waals surface area contributed by atoms with E-state index in [0.717, 1.165) is 12.2 Å². The van der Waals surface area contributed by atoms with E-state index < -0.39 is 0 Å². The molecule has 0 spiro atoms. The van der Waals surface area contributed by atoms with Crippen LogP contribution in [0.1, 0.15) is 29.1 Å². The Labute approximate surface area is 129 Å². The second-order valence-electron chi connectivity index (χ2n) is 5.07. The maximum atomic E-state index is 12.0. The number of rotatable bonds is 5. The second-order valence-corrected chi connectivity index (χ2v) is 6.10. The Morgan fingerprint density at radius 1 is 1.38 bits per heavy atom. The van der Waals surface area contributed by atoms with E-state index >= 15 is 0 Å². The summed E-state index contributed by atoms with van der Waals surface area (Å²) in [4.78, 5) is 15.4. The Bertz CT molecular complexity index is 609. The first kappa shape index (κ1) is 15.4. The van der Waals surface area contributed by atoms with E-state index in [0.29, 0.717) is 11.3 Å². The molecule has 5 heteroatoms. The predicted molar refractivity (Wildman–Crippen MR) is 87.8 cm³/mol. The number of thiophene rings is 1. The third kappa shape index (κ3) is 3.55. The molecule has 0 atom stereocenters. The summed E-state index contributed by atoms with van der Waals surface area (Å²) in [5, 5.41) is 2.05. The van der Waals surface area contributed by atoms with Gasteiger partial charge in [0.25, 0.3) is 0 Å². The number of methoxy groups -OCH3 is 1. The number of benzene rings is 1. The lowest BCUT2D eigenvalue weighted by atomic mass is 10.1. The van der Waals surface area contributed by atoms with Gasteiger partial charge >= 0.3 is 5.97 Å². The zero-order chi connectivity index (χ0) is 15.4. The van der Waals surface area contributed by atoms with Crippen molar-refractivity contribution in [3.05, 3.63) is 46.2 Å². The number of esters is 1. The number of ether oxygens (including phenoxy) is 1. The van der Waals surface area contributed by atoms with Crippen molar-refractivity contribution in [2.75, 3.05) is 17.7 Å². The number of hydrogen-bond acceptors (Lipinski definition) is 5. The monoisotopic (exact) mass is 304 g/mol. The summed E-state index contributed by atoms with van der Waals surface area (Å²) in [6.07, 6.45) is 0. The molecular formula is C16H20N2O2S. The highest BCUT2D eigenvalue weighted by molar-refractivity contribution is 7.09. The molecule has 0 unspecified atom stereocenters. The van der Waals surface area contributed by atoms with Crippen molar-refractivity contribution < 1.29 is 9.53 Å². The van der Waals surface area contributed by atoms with E-state index in [1.807, 2.05) is 18.2 Å². The van der Waals surface area contributed by atoms with Gasteiger partial charge in [0, 0.05) is 16.6 Å². The topological polar surface area (TPSA) is 55.6 Å². The van der Waals surface area contributed by atoms with Crippen LogP contribution in [0.4, 0.5) is 11.4 Å². The highest BCUT2D eigenvalue weighted by Gasteiger charge is 2.20. The molecule has 2 N–H and O–H groups in total. The van der Waals surface area contributed by atoms with Gasteiger partial charge in [-0.05, 0) is 43.5 Å². The minimum atomic E-state index is -0.367. The quantitative estimate of drug-likeness (QED) is 0.678. The van der Waals surface area contributed by atoms with Crippen molar-refractivity contribution in [3.63, 3.8) is 0 Å². The van der Waals surface area contributed by atoms with Crippen molar-refractivity contribution in [1.82, 2.24) is 0 Å². The predicted octanol–water partition coefficient (Wildman–Crippen LogP) is 3.53. The lowest BCUT2D eigenvalue weighted by Crippen LogP contribution is -2.31. The summed E-state index contributed by atoms with van der Waals surface area (Å²) in [6, 6.07) is 9.74. The molecule has 112 valence electrons. The molecule has 0 aliphatic heterocycles. The minimum Gasteiger partial charge on any atom is -0.465 e. The van der Waals surface area contributed by atoms with Gasteiger partial charge in [-0.25, -0.2) is 4.79 Å². The fourth-order valence-corrected chi connectivity index (χ4v) is 2.90. The Hall–Kier alpha value is -2.01.